The zero-order chi connectivity index (χ0) is 18.5. The minimum absolute atomic E-state index is 0.0441. The van der Waals surface area contributed by atoms with Gasteiger partial charge in [-0.3, -0.25) is 4.79 Å². The van der Waals surface area contributed by atoms with Crippen LogP contribution in [0.5, 0.6) is 11.6 Å². The SMILES string of the molecule is CCCCc1c(OC)n(-c2ccc(OC)cc2)n(-c2ccccc2)c1=O. The molecule has 26 heavy (non-hydrogen) atoms. The molecular weight excluding hydrogens is 328 g/mol. The fourth-order valence-corrected chi connectivity index (χ4v) is 3.06. The number of hydrogen-bond acceptors (Lipinski definition) is 3. The summed E-state index contributed by atoms with van der Waals surface area (Å²) >= 11 is 0. The lowest BCUT2D eigenvalue weighted by Crippen LogP contribution is -2.21. The number of aromatic nitrogens is 2. The third kappa shape index (κ3) is 3.25. The predicted molar refractivity (Wildman–Crippen MR) is 103 cm³/mol. The summed E-state index contributed by atoms with van der Waals surface area (Å²) in [6.45, 7) is 2.11. The van der Waals surface area contributed by atoms with Crippen LogP contribution in [0, 0.1) is 0 Å². The van der Waals surface area contributed by atoms with Crippen molar-refractivity contribution < 1.29 is 9.47 Å². The van der Waals surface area contributed by atoms with Crippen LogP contribution in [0.2, 0.25) is 0 Å². The van der Waals surface area contributed by atoms with E-state index in [-0.39, 0.29) is 5.56 Å². The van der Waals surface area contributed by atoms with Crippen molar-refractivity contribution in [3.8, 4) is 23.0 Å². The lowest BCUT2D eigenvalue weighted by Gasteiger charge is -2.14. The van der Waals surface area contributed by atoms with Gasteiger partial charge in [0.2, 0.25) is 5.88 Å². The Kier molecular flexibility index (Phi) is 5.46. The minimum Gasteiger partial charge on any atom is -0.497 e. The van der Waals surface area contributed by atoms with Crippen LogP contribution < -0.4 is 15.0 Å². The number of para-hydroxylation sites is 1. The maximum Gasteiger partial charge on any atom is 0.278 e. The van der Waals surface area contributed by atoms with Gasteiger partial charge in [-0.05, 0) is 49.2 Å². The Balaban J connectivity index is 2.27. The van der Waals surface area contributed by atoms with E-state index in [1.807, 2.05) is 59.3 Å². The molecule has 1 aromatic heterocycles. The number of methoxy groups -OCH3 is 2. The maximum absolute atomic E-state index is 13.2. The van der Waals surface area contributed by atoms with Gasteiger partial charge in [-0.2, -0.15) is 0 Å². The Morgan fingerprint density at radius 2 is 1.50 bits per heavy atom. The number of unbranched alkanes of at least 4 members (excludes halogenated alkanes) is 1. The van der Waals surface area contributed by atoms with Gasteiger partial charge in [0.05, 0.1) is 31.2 Å². The molecule has 0 atom stereocenters. The number of rotatable bonds is 7. The quantitative estimate of drug-likeness (QED) is 0.646. The minimum atomic E-state index is -0.0441. The molecule has 0 aliphatic rings. The molecule has 136 valence electrons. The van der Waals surface area contributed by atoms with Crippen molar-refractivity contribution in [2.24, 2.45) is 0 Å². The molecule has 1 heterocycles. The van der Waals surface area contributed by atoms with Crippen LogP contribution in [0.25, 0.3) is 11.4 Å². The molecule has 3 aromatic rings. The molecule has 0 radical (unpaired) electrons. The van der Waals surface area contributed by atoms with Crippen LogP contribution in [0.4, 0.5) is 0 Å². The Bertz CT molecular complexity index is 909. The Morgan fingerprint density at radius 1 is 0.846 bits per heavy atom. The molecule has 3 rings (SSSR count). The van der Waals surface area contributed by atoms with E-state index in [2.05, 4.69) is 6.92 Å². The molecule has 5 nitrogen and oxygen atoms in total. The average molecular weight is 352 g/mol. The summed E-state index contributed by atoms with van der Waals surface area (Å²) in [6.07, 6.45) is 2.64. The monoisotopic (exact) mass is 352 g/mol. The van der Waals surface area contributed by atoms with Gasteiger partial charge in [0.1, 0.15) is 5.75 Å². The van der Waals surface area contributed by atoms with E-state index in [4.69, 9.17) is 9.47 Å². The van der Waals surface area contributed by atoms with E-state index in [9.17, 15) is 4.79 Å². The van der Waals surface area contributed by atoms with Crippen molar-refractivity contribution in [3.63, 3.8) is 0 Å². The highest BCUT2D eigenvalue weighted by Gasteiger charge is 2.22. The third-order valence-electron chi connectivity index (χ3n) is 4.39. The third-order valence-corrected chi connectivity index (χ3v) is 4.39. The van der Waals surface area contributed by atoms with Crippen molar-refractivity contribution in [1.82, 2.24) is 9.36 Å². The van der Waals surface area contributed by atoms with Crippen molar-refractivity contribution in [2.75, 3.05) is 14.2 Å². The molecule has 0 aliphatic carbocycles. The van der Waals surface area contributed by atoms with Crippen LogP contribution in [-0.2, 0) is 6.42 Å². The highest BCUT2D eigenvalue weighted by molar-refractivity contribution is 5.45. The second-order valence-electron chi connectivity index (χ2n) is 6.05. The van der Waals surface area contributed by atoms with E-state index in [0.717, 1.165) is 30.0 Å². The molecule has 0 saturated heterocycles. The van der Waals surface area contributed by atoms with Crippen molar-refractivity contribution >= 4 is 0 Å². The van der Waals surface area contributed by atoms with Crippen LogP contribution in [0.1, 0.15) is 25.3 Å². The van der Waals surface area contributed by atoms with E-state index in [1.165, 1.54) is 0 Å². The lowest BCUT2D eigenvalue weighted by atomic mass is 10.1. The summed E-state index contributed by atoms with van der Waals surface area (Å²) in [5.41, 5.74) is 2.30. The first-order chi connectivity index (χ1) is 12.7. The highest BCUT2D eigenvalue weighted by atomic mass is 16.5. The number of nitrogens with zero attached hydrogens (tertiary/aromatic N) is 2. The fourth-order valence-electron chi connectivity index (χ4n) is 3.06. The van der Waals surface area contributed by atoms with E-state index in [1.54, 1.807) is 18.9 Å². The predicted octanol–water partition coefficient (Wildman–Crippen LogP) is 3.99. The maximum atomic E-state index is 13.2. The van der Waals surface area contributed by atoms with Gasteiger partial charge in [-0.1, -0.05) is 31.5 Å². The molecule has 0 bridgehead atoms. The molecule has 0 saturated carbocycles. The molecule has 0 amide bonds. The first kappa shape index (κ1) is 17.9. The summed E-state index contributed by atoms with van der Waals surface area (Å²) in [4.78, 5) is 13.2. The fraction of sp³-hybridized carbons (Fsp3) is 0.286. The average Bonchev–Trinajstić information content (AvgIpc) is 2.98. The molecule has 2 aromatic carbocycles. The lowest BCUT2D eigenvalue weighted by molar-refractivity contribution is 0.373. The Morgan fingerprint density at radius 3 is 2.08 bits per heavy atom. The van der Waals surface area contributed by atoms with Gasteiger partial charge in [0, 0.05) is 0 Å². The molecule has 0 fully saturated rings. The van der Waals surface area contributed by atoms with E-state index >= 15 is 0 Å². The van der Waals surface area contributed by atoms with Gasteiger partial charge in [0.15, 0.2) is 0 Å². The van der Waals surface area contributed by atoms with Crippen molar-refractivity contribution in [1.29, 1.82) is 0 Å². The van der Waals surface area contributed by atoms with Crippen LogP contribution in [0.3, 0.4) is 0 Å². The normalized spacial score (nSPS) is 10.7. The molecule has 0 spiro atoms. The van der Waals surface area contributed by atoms with Crippen LogP contribution in [0.15, 0.2) is 59.4 Å². The van der Waals surface area contributed by atoms with E-state index in [0.29, 0.717) is 17.9 Å². The number of ether oxygens (including phenoxy) is 2. The molecule has 0 unspecified atom stereocenters. The zero-order valence-corrected chi connectivity index (χ0v) is 15.4. The first-order valence-corrected chi connectivity index (χ1v) is 8.82. The standard InChI is InChI=1S/C21H24N2O3/c1-4-5-11-19-20(24)22(16-9-7-6-8-10-16)23(21(19)26-3)17-12-14-18(25-2)15-13-17/h6-10,12-15H,4-5,11H2,1-3H3. The summed E-state index contributed by atoms with van der Waals surface area (Å²) in [7, 11) is 3.24. The van der Waals surface area contributed by atoms with E-state index < -0.39 is 0 Å². The number of benzene rings is 2. The first-order valence-electron chi connectivity index (χ1n) is 8.82. The summed E-state index contributed by atoms with van der Waals surface area (Å²) in [5, 5.41) is 0. The van der Waals surface area contributed by atoms with Crippen LogP contribution in [-0.4, -0.2) is 23.6 Å². The number of hydrogen-bond donors (Lipinski definition) is 0. The summed E-state index contributed by atoms with van der Waals surface area (Å²) < 4.78 is 14.4. The van der Waals surface area contributed by atoms with Crippen molar-refractivity contribution in [3.05, 3.63) is 70.5 Å². The molecule has 5 heteroatoms. The second kappa shape index (κ2) is 7.95. The van der Waals surface area contributed by atoms with Crippen molar-refractivity contribution in [2.45, 2.75) is 26.2 Å². The second-order valence-corrected chi connectivity index (χ2v) is 6.05. The molecular formula is C21H24N2O3. The molecule has 0 aliphatic heterocycles. The highest BCUT2D eigenvalue weighted by Crippen LogP contribution is 2.26. The van der Waals surface area contributed by atoms with Gasteiger partial charge in [-0.15, -0.1) is 0 Å². The van der Waals surface area contributed by atoms with Gasteiger partial charge in [-0.25, -0.2) is 9.36 Å². The Labute approximate surface area is 153 Å². The molecule has 0 N–H and O–H groups in total. The van der Waals surface area contributed by atoms with Gasteiger partial charge in [0.25, 0.3) is 5.56 Å². The van der Waals surface area contributed by atoms with Gasteiger partial charge < -0.3 is 9.47 Å². The zero-order valence-electron chi connectivity index (χ0n) is 15.4. The largest absolute Gasteiger partial charge is 0.497 e. The summed E-state index contributed by atoms with van der Waals surface area (Å²) in [5.74, 6) is 1.34. The topological polar surface area (TPSA) is 45.4 Å². The van der Waals surface area contributed by atoms with Crippen LogP contribution >= 0.6 is 0 Å². The Hall–Kier alpha value is -2.95. The summed E-state index contributed by atoms with van der Waals surface area (Å²) in [6, 6.07) is 17.2. The smallest absolute Gasteiger partial charge is 0.278 e. The van der Waals surface area contributed by atoms with Gasteiger partial charge >= 0.3 is 0 Å².